The van der Waals surface area contributed by atoms with E-state index < -0.39 is 352 Å². The summed E-state index contributed by atoms with van der Waals surface area (Å²) in [6, 6.07) is 0. The molecule has 44 atom stereocenters. The van der Waals surface area contributed by atoms with Crippen molar-refractivity contribution in [3.05, 3.63) is 33.6 Å². The van der Waals surface area contributed by atoms with Gasteiger partial charge < -0.3 is 229 Å². The molecule has 5 fully saturated rings. The van der Waals surface area contributed by atoms with E-state index in [4.69, 9.17) is 76.6 Å². The Kier molecular flexibility index (Phi) is 52.3. The van der Waals surface area contributed by atoms with Crippen LogP contribution >= 0.6 is 0 Å². The number of carboxylic acids is 1. The number of nitrogens with zero attached hydrogens (tertiary/aromatic N) is 4. The van der Waals surface area contributed by atoms with Gasteiger partial charge in [0, 0.05) is 43.2 Å². The van der Waals surface area contributed by atoms with E-state index in [-0.39, 0.29) is 130 Å². The molecule has 1 aliphatic heterocycles. The van der Waals surface area contributed by atoms with E-state index in [1.165, 1.54) is 20.1 Å². The maximum atomic E-state index is 16.8. The first kappa shape index (κ1) is 132. The van der Waals surface area contributed by atoms with Crippen molar-refractivity contribution in [2.45, 2.75) is 407 Å². The number of carboxylic acid groups (broad SMARTS) is 1. The van der Waals surface area contributed by atoms with E-state index in [1.807, 2.05) is 40.7 Å². The summed E-state index contributed by atoms with van der Waals surface area (Å²) in [7, 11) is 0. The molecule has 0 bridgehead atoms. The third kappa shape index (κ3) is 32.8. The fourth-order valence-electron chi connectivity index (χ4n) is 21.5. The van der Waals surface area contributed by atoms with Crippen LogP contribution in [0.1, 0.15) is 186 Å². The predicted octanol–water partition coefficient (Wildman–Crippen LogP) is -7.53. The summed E-state index contributed by atoms with van der Waals surface area (Å²) >= 11 is 0. The molecule has 5 aliphatic carbocycles. The zero-order valence-corrected chi connectivity index (χ0v) is 86.1. The van der Waals surface area contributed by atoms with Crippen molar-refractivity contribution >= 4 is 30.0 Å². The van der Waals surface area contributed by atoms with E-state index >= 15 is 4.79 Å². The summed E-state index contributed by atoms with van der Waals surface area (Å²) in [6.07, 6.45) is -81.1. The molecular formula is C94H165N5O50. The number of nitrogens with one attached hydrogen (secondary N) is 1. The number of hydrogen-bond donors (Lipinski definition) is 32. The van der Waals surface area contributed by atoms with Gasteiger partial charge in [0.1, 0.15) is 122 Å². The van der Waals surface area contributed by atoms with Crippen molar-refractivity contribution in [2.75, 3.05) is 79.2 Å². The van der Waals surface area contributed by atoms with Crippen molar-refractivity contribution < 1.29 is 249 Å². The lowest BCUT2D eigenvalue weighted by Crippen LogP contribution is -2.69. The molecule has 55 heteroatoms. The van der Waals surface area contributed by atoms with Crippen LogP contribution in [-0.4, -0.2) is 488 Å². The summed E-state index contributed by atoms with van der Waals surface area (Å²) in [5.41, 5.74) is 3.83. The van der Waals surface area contributed by atoms with Gasteiger partial charge in [0.05, 0.1) is 121 Å². The Hall–Kier alpha value is -5.70. The van der Waals surface area contributed by atoms with Crippen LogP contribution in [0.5, 0.6) is 0 Å². The minimum absolute atomic E-state index is 0.0324. The number of aliphatic hydroxyl groups is 30. The van der Waals surface area contributed by atoms with Crippen molar-refractivity contribution in [1.29, 1.82) is 0 Å². The molecule has 0 spiro atoms. The molecular weight excluding hydrogens is 2000 g/mol. The first-order chi connectivity index (χ1) is 69.7. The first-order valence-corrected chi connectivity index (χ1v) is 50.0. The highest BCUT2D eigenvalue weighted by Gasteiger charge is 2.73. The average molecular weight is 2170 g/mol. The number of fused-ring (bicyclic) bond motifs is 7. The fraction of sp³-hybridized carbons (Fsp3) is 0.904. The molecule has 4 saturated carbocycles. The highest BCUT2D eigenvalue weighted by molar-refractivity contribution is 5.80. The quantitative estimate of drug-likeness (QED) is 0.00257. The number of amides is 1. The number of carbonyl (C=O) groups excluding carboxylic acids is 3. The second-order valence-electron chi connectivity index (χ2n) is 41.1. The lowest BCUT2D eigenvalue weighted by molar-refractivity contribution is -0.397. The Balaban J connectivity index is 1.49. The molecule has 1 heterocycles. The standard InChI is InChI=1S/C94H165N5O50/c1-14-53(140-47(7)106)76(146-80(128)67(120)62(115)44(4)104)72(125)83(131)141-54(15-2)78(126)94(42-102,148-86-70(123)65(118)74(46(6)139-86)144-84(132)71(124)73(45(5)105)143-81(129)68(121)63(116)50(107)20-28-100)149-87(134)93-26-25-88(8,9)39-49(93)48-16-17-56-89(10)23-19-58(142-85(133)77(147-82(130)69(122)64(117)51(108)21-29-101)75(52(109)38-60(112)113)145-79(127)66(119)61(114)43(3)103)90(11,55(89)18-24-91(56,12)92(48,13)40-57(93)110)41-97-98-59(111)22-30-135-32-34-137-36-37-138-35-33-136-31-27-96-99-95/h16,41,43-46,49-58,61-70,72,74-86,100-105,107-110,114-133H,14-15,17-40,42H2,1-13H3,(H,98,111)(H,112,113)/b73-71-,97-41+/t43?,44?,45?,46?,49?,50?,51?,52?,53?,54?,55?,56?,57-,58+,61?,62?,63?,64?,65?,66?,67?,68?,69?,70?,72?,74?,75?,76?,77?,78?,79?,80?,81?,82?,83?,84?,85?,86?,89+,90+,91-,92-,93-,94?/m1/s1. The molecule has 55 nitrogen and oxygen atoms in total. The van der Waals surface area contributed by atoms with Crippen LogP contribution in [0.2, 0.25) is 0 Å². The Morgan fingerprint density at radius 2 is 1.09 bits per heavy atom. The van der Waals surface area contributed by atoms with Crippen LogP contribution in [0.3, 0.4) is 0 Å². The molecule has 1 amide bonds. The lowest BCUT2D eigenvalue weighted by atomic mass is 9.33. The number of azide groups is 1. The Labute approximate surface area is 861 Å². The number of aliphatic hydroxyl groups excluding tert-OH is 30. The summed E-state index contributed by atoms with van der Waals surface area (Å²) < 4.78 is 86.4. The molecule has 37 unspecified atom stereocenters. The van der Waals surface area contributed by atoms with Crippen molar-refractivity contribution in [3.8, 4) is 0 Å². The molecule has 0 radical (unpaired) electrons. The van der Waals surface area contributed by atoms with Crippen molar-refractivity contribution in [3.63, 3.8) is 0 Å². The largest absolute Gasteiger partial charge is 0.505 e. The summed E-state index contributed by atoms with van der Waals surface area (Å²) in [5, 5.41) is 355. The Morgan fingerprint density at radius 1 is 0.577 bits per heavy atom. The number of rotatable bonds is 67. The zero-order chi connectivity index (χ0) is 112. The van der Waals surface area contributed by atoms with Gasteiger partial charge >= 0.3 is 17.9 Å². The van der Waals surface area contributed by atoms with Gasteiger partial charge in [0.2, 0.25) is 18.5 Å². The Morgan fingerprint density at radius 3 is 1.60 bits per heavy atom. The van der Waals surface area contributed by atoms with Gasteiger partial charge in [-0.15, -0.1) is 0 Å². The summed E-state index contributed by atoms with van der Waals surface area (Å²) in [6.45, 7) is 16.9. The molecule has 0 aromatic carbocycles. The van der Waals surface area contributed by atoms with E-state index in [9.17, 15) is 173 Å². The van der Waals surface area contributed by atoms with Gasteiger partial charge in [0.25, 0.3) is 5.79 Å². The smallest absolute Gasteiger partial charge is 0.318 e. The van der Waals surface area contributed by atoms with Gasteiger partial charge in [0.15, 0.2) is 49.3 Å². The fourth-order valence-corrected chi connectivity index (χ4v) is 21.5. The monoisotopic (exact) mass is 2160 g/mol. The van der Waals surface area contributed by atoms with E-state index in [0.717, 1.165) is 34.6 Å². The number of hydrogen-bond acceptors (Lipinski definition) is 51. The number of hydrazone groups is 1. The van der Waals surface area contributed by atoms with Crippen molar-refractivity contribution in [1.82, 2.24) is 5.43 Å². The molecule has 0 aromatic rings. The van der Waals surface area contributed by atoms with Gasteiger partial charge in [-0.25, -0.2) is 5.43 Å². The molecule has 6 rings (SSSR count). The second kappa shape index (κ2) is 59.1. The molecule has 6 aliphatic rings. The van der Waals surface area contributed by atoms with E-state index in [1.54, 1.807) is 6.92 Å². The number of aliphatic carboxylic acids is 1. The molecule has 1 saturated heterocycles. The van der Waals surface area contributed by atoms with Crippen molar-refractivity contribution in [2.24, 2.45) is 60.5 Å². The number of allylic oxidation sites excluding steroid dienone is 2. The van der Waals surface area contributed by atoms with E-state index in [2.05, 4.69) is 20.6 Å². The number of esters is 2. The van der Waals surface area contributed by atoms with Gasteiger partial charge in [-0.1, -0.05) is 72.2 Å². The van der Waals surface area contributed by atoms with E-state index in [0.29, 0.717) is 5.57 Å². The third-order valence-corrected chi connectivity index (χ3v) is 30.2. The predicted molar refractivity (Wildman–Crippen MR) is 504 cm³/mol. The maximum Gasteiger partial charge on any atom is 0.318 e. The zero-order valence-electron chi connectivity index (χ0n) is 86.1. The Bertz CT molecular complexity index is 4190. The second-order valence-corrected chi connectivity index (χ2v) is 41.1. The van der Waals surface area contributed by atoms with Gasteiger partial charge in [-0.3, -0.25) is 19.2 Å². The molecule has 866 valence electrons. The highest BCUT2D eigenvalue weighted by Crippen LogP contribution is 2.76. The third-order valence-electron chi connectivity index (χ3n) is 30.2. The summed E-state index contributed by atoms with van der Waals surface area (Å²) in [5.74, 6) is -13.4. The minimum Gasteiger partial charge on any atom is -0.505 e. The maximum absolute atomic E-state index is 16.8. The number of ether oxygens (including phenoxy) is 15. The molecule has 0 aromatic heterocycles. The summed E-state index contributed by atoms with van der Waals surface area (Å²) in [4.78, 5) is 58.3. The SMILES string of the molecule is CCC(OC(C)=O)C(OC(O)C(O)C(O)C(C)O)C(O)C(O)OC(CC)C(O)C(CO)(OC(=O)[C@]12CCC(C)(C)CC1C1=CCC3[C@@]4(C)CC[C@H](OC(O)C(OC(O)C(O)C(O)C(O)CCO)C(OC(O)C(O)C(O)C(C)O)C(O)CC(=O)O)[C@@](C)(/C=N/NC(=O)CCOCCOCCOCCOCCN=[N+]=[N-])C4CC[C@@]3(C)[C@]1(C)C[C@H]2O)OC1OC(C)C(OC(O)/C(O)=C(/OC(O)C(O)C(O)C(O)CCO)C(C)O)C(O)C1O. The minimum atomic E-state index is -3.50. The van der Waals surface area contributed by atoms with Crippen LogP contribution in [0, 0.1) is 50.2 Å². The van der Waals surface area contributed by atoms with Crippen LogP contribution in [-0.2, 0) is 90.2 Å². The van der Waals surface area contributed by atoms with Crippen LogP contribution in [0.4, 0.5) is 0 Å². The lowest BCUT2D eigenvalue weighted by Gasteiger charge is -2.71. The van der Waals surface area contributed by atoms with Crippen LogP contribution < -0.4 is 5.43 Å². The normalized spacial score (nSPS) is 31.8. The topological polar surface area (TPSA) is 907 Å². The van der Waals surface area contributed by atoms with Gasteiger partial charge in [-0.05, 0) is 156 Å². The number of carbonyl (C=O) groups is 4. The molecule has 32 N–H and O–H groups in total. The first-order valence-electron chi connectivity index (χ1n) is 50.0. The van der Waals surface area contributed by atoms with Crippen LogP contribution in [0.25, 0.3) is 10.4 Å². The highest BCUT2D eigenvalue weighted by atomic mass is 16.8. The van der Waals surface area contributed by atoms with Crippen LogP contribution in [0.15, 0.2) is 33.4 Å². The van der Waals surface area contributed by atoms with Gasteiger partial charge in [-0.2, -0.15) is 5.10 Å². The average Bonchev–Trinajstić information content (AvgIpc) is 0.667. The molecule has 149 heavy (non-hydrogen) atoms.